The third-order valence-corrected chi connectivity index (χ3v) is 8.23. The van der Waals surface area contributed by atoms with Crippen LogP contribution in [0.25, 0.3) is 5.41 Å². The molecule has 0 saturated heterocycles. The maximum Gasteiger partial charge on any atom is 0.0782 e. The molecular formula is C35H72N2S. The molecule has 0 spiro atoms. The quantitative estimate of drug-likeness (QED) is 0.0376. The molecule has 0 aromatic carbocycles. The van der Waals surface area contributed by atoms with Crippen LogP contribution in [-0.4, -0.2) is 36.8 Å². The minimum atomic E-state index is 1.25. The second-order valence-corrected chi connectivity index (χ2v) is 12.8. The van der Waals surface area contributed by atoms with Crippen LogP contribution in [0.4, 0.5) is 0 Å². The maximum atomic E-state index is 7.13. The van der Waals surface area contributed by atoms with Gasteiger partial charge in [0.1, 0.15) is 0 Å². The van der Waals surface area contributed by atoms with Gasteiger partial charge in [0.2, 0.25) is 0 Å². The van der Waals surface area contributed by atoms with Gasteiger partial charge in [-0.05, 0) is 25.7 Å². The average Bonchev–Trinajstić information content (AvgIpc) is 2.89. The fourth-order valence-electron chi connectivity index (χ4n) is 5.58. The molecule has 0 bridgehead atoms. The van der Waals surface area contributed by atoms with Crippen molar-refractivity contribution < 1.29 is 4.48 Å². The number of thiocarbonyl (C=S) groups is 1. The van der Waals surface area contributed by atoms with E-state index in [0.717, 1.165) is 0 Å². The molecule has 0 atom stereocenters. The molecule has 0 rings (SSSR count). The Hall–Kier alpha value is -0.240. The van der Waals surface area contributed by atoms with Crippen molar-refractivity contribution in [2.45, 2.75) is 194 Å². The minimum absolute atomic E-state index is 1.25. The van der Waals surface area contributed by atoms with Crippen molar-refractivity contribution >= 4 is 17.4 Å². The van der Waals surface area contributed by atoms with Crippen LogP contribution >= 0.6 is 12.2 Å². The van der Waals surface area contributed by atoms with Crippen LogP contribution in [0.15, 0.2) is 0 Å². The third kappa shape index (κ3) is 37.9. The summed E-state index contributed by atoms with van der Waals surface area (Å²) in [4.78, 5) is 0. The summed E-state index contributed by atoms with van der Waals surface area (Å²) in [6.07, 6.45) is 40.9. The highest BCUT2D eigenvalue weighted by Crippen LogP contribution is 2.15. The molecule has 0 unspecified atom stereocenters. The maximum absolute atomic E-state index is 7.13. The SMILES string of the molecule is CCCCCCCCCCCCCCCC[N+](C)(C)CCCCCCCCCCCCCCCC.[N-]=C=S. The molecule has 0 fully saturated rings. The summed E-state index contributed by atoms with van der Waals surface area (Å²) < 4.78 is 1.25. The van der Waals surface area contributed by atoms with Gasteiger partial charge in [-0.1, -0.05) is 180 Å². The van der Waals surface area contributed by atoms with Crippen LogP contribution in [0.1, 0.15) is 194 Å². The molecule has 0 aliphatic carbocycles. The van der Waals surface area contributed by atoms with Gasteiger partial charge in [0, 0.05) is 0 Å². The summed E-state index contributed by atoms with van der Waals surface area (Å²) in [6, 6.07) is 0. The van der Waals surface area contributed by atoms with Gasteiger partial charge in [0.15, 0.2) is 0 Å². The predicted octanol–water partition coefficient (Wildman–Crippen LogP) is 12.7. The number of rotatable bonds is 30. The van der Waals surface area contributed by atoms with Gasteiger partial charge in [-0.15, -0.1) is 0 Å². The topological polar surface area (TPSA) is 22.3 Å². The highest BCUT2D eigenvalue weighted by molar-refractivity contribution is 7.78. The van der Waals surface area contributed by atoms with Gasteiger partial charge >= 0.3 is 0 Å². The Morgan fingerprint density at radius 3 is 0.737 bits per heavy atom. The van der Waals surface area contributed by atoms with E-state index in [9.17, 15) is 0 Å². The molecule has 38 heavy (non-hydrogen) atoms. The number of unbranched alkanes of at least 4 members (excludes halogenated alkanes) is 26. The first-order valence-corrected chi connectivity index (χ1v) is 17.8. The van der Waals surface area contributed by atoms with Crippen LogP contribution in [0.2, 0.25) is 0 Å². The third-order valence-electron chi connectivity index (χ3n) is 8.23. The largest absolute Gasteiger partial charge is 0.753 e. The standard InChI is InChI=1S/C34H72N.CNS/c1-5-7-9-11-13-15-17-19-21-23-25-27-29-31-33-35(3,4)34-32-30-28-26-24-22-20-18-16-14-12-10-8-6-2;2-1-3/h5-34H2,1-4H3;/q+1;-1. The van der Waals surface area contributed by atoms with Gasteiger partial charge < -0.3 is 9.89 Å². The van der Waals surface area contributed by atoms with E-state index in [4.69, 9.17) is 5.41 Å². The lowest BCUT2D eigenvalue weighted by Gasteiger charge is -2.30. The Labute approximate surface area is 247 Å². The lowest BCUT2D eigenvalue weighted by molar-refractivity contribution is -0.890. The minimum Gasteiger partial charge on any atom is -0.753 e. The van der Waals surface area contributed by atoms with E-state index in [-0.39, 0.29) is 0 Å². The lowest BCUT2D eigenvalue weighted by Crippen LogP contribution is -2.41. The summed E-state index contributed by atoms with van der Waals surface area (Å²) in [5.74, 6) is 0. The first-order valence-electron chi connectivity index (χ1n) is 17.4. The Morgan fingerprint density at radius 1 is 0.395 bits per heavy atom. The van der Waals surface area contributed by atoms with Crippen molar-refractivity contribution in [3.05, 3.63) is 5.41 Å². The number of nitrogens with zero attached hydrogens (tertiary/aromatic N) is 2. The van der Waals surface area contributed by atoms with Gasteiger partial charge in [0.25, 0.3) is 0 Å². The van der Waals surface area contributed by atoms with E-state index < -0.39 is 0 Å². The van der Waals surface area contributed by atoms with Crippen LogP contribution < -0.4 is 0 Å². The van der Waals surface area contributed by atoms with Gasteiger partial charge in [0.05, 0.1) is 27.2 Å². The molecule has 3 heteroatoms. The molecule has 0 amide bonds. The van der Waals surface area contributed by atoms with Crippen LogP contribution in [0, 0.1) is 0 Å². The van der Waals surface area contributed by atoms with Gasteiger partial charge in [-0.25, -0.2) is 0 Å². The van der Waals surface area contributed by atoms with Crippen LogP contribution in [0.5, 0.6) is 0 Å². The summed E-state index contributed by atoms with van der Waals surface area (Å²) >= 11 is 3.70. The van der Waals surface area contributed by atoms with Crippen LogP contribution in [-0.2, 0) is 0 Å². The second kappa shape index (κ2) is 34.8. The molecule has 0 aromatic rings. The Morgan fingerprint density at radius 2 is 0.553 bits per heavy atom. The van der Waals surface area contributed by atoms with Crippen molar-refractivity contribution in [1.29, 1.82) is 0 Å². The Balaban J connectivity index is 0. The normalized spacial score (nSPS) is 11.3. The first kappa shape index (κ1) is 39.9. The number of hydrogen-bond acceptors (Lipinski definition) is 1. The van der Waals surface area contributed by atoms with Crippen molar-refractivity contribution in [1.82, 2.24) is 0 Å². The fourth-order valence-corrected chi connectivity index (χ4v) is 5.58. The smallest absolute Gasteiger partial charge is 0.0782 e. The molecule has 2 nitrogen and oxygen atoms in total. The predicted molar refractivity (Wildman–Crippen MR) is 178 cm³/mol. The second-order valence-electron chi connectivity index (χ2n) is 12.7. The first-order chi connectivity index (χ1) is 18.5. The number of quaternary nitrogens is 1. The van der Waals surface area contributed by atoms with Crippen LogP contribution in [0.3, 0.4) is 0 Å². The zero-order valence-electron chi connectivity index (χ0n) is 27.0. The number of hydrogen-bond donors (Lipinski definition) is 0. The molecule has 0 aromatic heterocycles. The molecule has 228 valence electrons. The van der Waals surface area contributed by atoms with E-state index in [2.05, 4.69) is 40.2 Å². The number of isothiocyanates is 1. The zero-order valence-corrected chi connectivity index (χ0v) is 27.8. The van der Waals surface area contributed by atoms with E-state index in [1.165, 1.54) is 203 Å². The van der Waals surface area contributed by atoms with Gasteiger partial charge in [-0.3, -0.25) is 0 Å². The van der Waals surface area contributed by atoms with E-state index in [1.54, 1.807) is 0 Å². The van der Waals surface area contributed by atoms with Crippen molar-refractivity contribution in [3.8, 4) is 0 Å². The Bertz CT molecular complexity index is 423. The molecule has 0 saturated carbocycles. The van der Waals surface area contributed by atoms with Crippen molar-refractivity contribution in [2.24, 2.45) is 0 Å². The van der Waals surface area contributed by atoms with E-state index in [0.29, 0.717) is 0 Å². The summed E-state index contributed by atoms with van der Waals surface area (Å²) in [6.45, 7) is 7.38. The molecule has 0 heterocycles. The van der Waals surface area contributed by atoms with Gasteiger partial charge in [-0.2, -0.15) is 5.16 Å². The lowest BCUT2D eigenvalue weighted by atomic mass is 10.0. The summed E-state index contributed by atoms with van der Waals surface area (Å²) in [5, 5.41) is 8.47. The Kier molecular flexibility index (Phi) is 36.5. The average molecular weight is 553 g/mol. The van der Waals surface area contributed by atoms with Crippen molar-refractivity contribution in [2.75, 3.05) is 27.2 Å². The molecule has 0 N–H and O–H groups in total. The monoisotopic (exact) mass is 553 g/mol. The molecule has 0 radical (unpaired) electrons. The summed E-state index contributed by atoms with van der Waals surface area (Å²) in [5.41, 5.74) is 0. The highest BCUT2D eigenvalue weighted by atomic mass is 32.1. The van der Waals surface area contributed by atoms with Crippen molar-refractivity contribution in [3.63, 3.8) is 0 Å². The summed E-state index contributed by atoms with van der Waals surface area (Å²) in [7, 11) is 4.93. The molecular weight excluding hydrogens is 480 g/mol. The molecule has 0 aliphatic rings. The van der Waals surface area contributed by atoms with E-state index in [1.807, 2.05) is 0 Å². The van der Waals surface area contributed by atoms with E-state index >= 15 is 0 Å². The molecule has 0 aliphatic heterocycles. The fraction of sp³-hybridized carbons (Fsp3) is 0.971. The zero-order chi connectivity index (χ0) is 28.4. The highest BCUT2D eigenvalue weighted by Gasteiger charge is 2.13.